The van der Waals surface area contributed by atoms with Gasteiger partial charge in [-0.05, 0) is 24.3 Å². The molecule has 0 aliphatic heterocycles. The maximum Gasteiger partial charge on any atom is 0.272 e. The van der Waals surface area contributed by atoms with Gasteiger partial charge in [0, 0.05) is 23.3 Å². The Morgan fingerprint density at radius 2 is 2.09 bits per heavy atom. The molecule has 0 radical (unpaired) electrons. The van der Waals surface area contributed by atoms with Gasteiger partial charge in [-0.2, -0.15) is 5.10 Å². The molecule has 0 atom stereocenters. The summed E-state index contributed by atoms with van der Waals surface area (Å²) in [5.74, 6) is -0.339. The highest BCUT2D eigenvalue weighted by Gasteiger charge is 2.04. The minimum atomic E-state index is -0.339. The number of benzene rings is 1. The number of halogens is 1. The molecule has 1 amide bonds. The Morgan fingerprint density at radius 3 is 2.91 bits per heavy atom. The number of nitrogens with one attached hydrogen (secondary N) is 1. The van der Waals surface area contributed by atoms with Crippen molar-refractivity contribution in [3.05, 3.63) is 71.1 Å². The second kappa shape index (κ2) is 6.32. The molecule has 2 heterocycles. The number of para-hydroxylation sites is 1. The van der Waals surface area contributed by atoms with E-state index in [1.165, 1.54) is 12.4 Å². The van der Waals surface area contributed by atoms with Gasteiger partial charge in [0.05, 0.1) is 17.3 Å². The van der Waals surface area contributed by atoms with Gasteiger partial charge in [-0.15, -0.1) is 0 Å². The number of pyridine rings is 2. The van der Waals surface area contributed by atoms with E-state index in [4.69, 9.17) is 11.6 Å². The van der Waals surface area contributed by atoms with Crippen LogP contribution >= 0.6 is 11.6 Å². The number of hydrogen-bond donors (Lipinski definition) is 1. The van der Waals surface area contributed by atoms with E-state index in [-0.39, 0.29) is 5.91 Å². The first-order valence-corrected chi connectivity index (χ1v) is 6.90. The third kappa shape index (κ3) is 3.10. The van der Waals surface area contributed by atoms with Crippen LogP contribution in [-0.4, -0.2) is 22.1 Å². The van der Waals surface area contributed by atoms with Gasteiger partial charge >= 0.3 is 0 Å². The molecule has 6 heteroatoms. The van der Waals surface area contributed by atoms with E-state index in [0.29, 0.717) is 16.3 Å². The Bertz CT molecular complexity index is 849. The van der Waals surface area contributed by atoms with E-state index in [1.54, 1.807) is 18.3 Å². The summed E-state index contributed by atoms with van der Waals surface area (Å²) in [5, 5.41) is 5.19. The summed E-state index contributed by atoms with van der Waals surface area (Å²) in [7, 11) is 0. The van der Waals surface area contributed by atoms with Crippen LogP contribution in [0.5, 0.6) is 0 Å². The molecule has 3 rings (SSSR count). The van der Waals surface area contributed by atoms with E-state index in [2.05, 4.69) is 20.5 Å². The predicted octanol–water partition coefficient (Wildman–Crippen LogP) is 3.05. The van der Waals surface area contributed by atoms with Crippen molar-refractivity contribution in [3.63, 3.8) is 0 Å². The van der Waals surface area contributed by atoms with Crippen LogP contribution < -0.4 is 5.43 Å². The van der Waals surface area contributed by atoms with Crippen molar-refractivity contribution in [1.82, 2.24) is 15.4 Å². The second-order valence-corrected chi connectivity index (χ2v) is 4.86. The number of hydrazone groups is 1. The third-order valence-electron chi connectivity index (χ3n) is 3.00. The first-order chi connectivity index (χ1) is 10.7. The molecule has 108 valence electrons. The molecule has 0 aliphatic rings. The van der Waals surface area contributed by atoms with Crippen molar-refractivity contribution in [2.24, 2.45) is 5.10 Å². The minimum absolute atomic E-state index is 0.332. The van der Waals surface area contributed by atoms with E-state index in [0.717, 1.165) is 10.9 Å². The molecule has 0 saturated carbocycles. The Hall–Kier alpha value is -2.79. The molecular formula is C16H11ClN4O. The molecule has 0 fully saturated rings. The molecule has 0 aliphatic carbocycles. The van der Waals surface area contributed by atoms with Crippen LogP contribution in [0.3, 0.4) is 0 Å². The first-order valence-electron chi connectivity index (χ1n) is 6.53. The summed E-state index contributed by atoms with van der Waals surface area (Å²) >= 11 is 6.11. The summed E-state index contributed by atoms with van der Waals surface area (Å²) in [5.41, 5.74) is 4.30. The molecule has 0 saturated heterocycles. The number of carbonyl (C=O) groups excluding carboxylic acids is 1. The maximum atomic E-state index is 11.8. The van der Waals surface area contributed by atoms with Gasteiger partial charge in [-0.3, -0.25) is 9.78 Å². The fourth-order valence-corrected chi connectivity index (χ4v) is 2.12. The summed E-state index contributed by atoms with van der Waals surface area (Å²) in [6.07, 6.45) is 4.53. The lowest BCUT2D eigenvalue weighted by molar-refractivity contribution is 0.0955. The van der Waals surface area contributed by atoms with Crippen LogP contribution in [0.2, 0.25) is 5.15 Å². The van der Waals surface area contributed by atoms with Crippen LogP contribution in [0.25, 0.3) is 10.9 Å². The lowest BCUT2D eigenvalue weighted by Crippen LogP contribution is -2.17. The van der Waals surface area contributed by atoms with Crippen molar-refractivity contribution < 1.29 is 4.79 Å². The SMILES string of the molecule is O=C(NN=Cc1cc2ccccc2nc1Cl)c1cccnc1. The normalized spacial score (nSPS) is 11.0. The summed E-state index contributed by atoms with van der Waals surface area (Å²) < 4.78 is 0. The number of amides is 1. The molecule has 0 unspecified atom stereocenters. The number of fused-ring (bicyclic) bond motifs is 1. The zero-order valence-electron chi connectivity index (χ0n) is 11.4. The Kier molecular flexibility index (Phi) is 4.07. The van der Waals surface area contributed by atoms with Gasteiger partial charge in [0.25, 0.3) is 5.91 Å². The van der Waals surface area contributed by atoms with Gasteiger partial charge in [0.15, 0.2) is 0 Å². The lowest BCUT2D eigenvalue weighted by atomic mass is 10.2. The zero-order valence-corrected chi connectivity index (χ0v) is 12.2. The lowest BCUT2D eigenvalue weighted by Gasteiger charge is -2.02. The number of carbonyl (C=O) groups is 1. The minimum Gasteiger partial charge on any atom is -0.267 e. The Labute approximate surface area is 131 Å². The highest BCUT2D eigenvalue weighted by molar-refractivity contribution is 6.32. The molecule has 1 aromatic carbocycles. The van der Waals surface area contributed by atoms with Crippen LogP contribution in [-0.2, 0) is 0 Å². The fraction of sp³-hybridized carbons (Fsp3) is 0. The quantitative estimate of drug-likeness (QED) is 0.459. The van der Waals surface area contributed by atoms with Crippen molar-refractivity contribution in [1.29, 1.82) is 0 Å². The van der Waals surface area contributed by atoms with Crippen molar-refractivity contribution in [2.45, 2.75) is 0 Å². The molecule has 1 N–H and O–H groups in total. The van der Waals surface area contributed by atoms with Gasteiger partial charge in [0.1, 0.15) is 5.15 Å². The number of aromatic nitrogens is 2. The summed E-state index contributed by atoms with van der Waals surface area (Å²) in [6.45, 7) is 0. The topological polar surface area (TPSA) is 67.2 Å². The summed E-state index contributed by atoms with van der Waals surface area (Å²) in [4.78, 5) is 20.0. The molecule has 2 aromatic heterocycles. The molecular weight excluding hydrogens is 300 g/mol. The van der Waals surface area contributed by atoms with E-state index >= 15 is 0 Å². The van der Waals surface area contributed by atoms with Crippen LogP contribution in [0, 0.1) is 0 Å². The monoisotopic (exact) mass is 310 g/mol. The standard InChI is InChI=1S/C16H11ClN4O/c17-15-13(8-11-4-1-2-6-14(11)20-15)10-19-21-16(22)12-5-3-7-18-9-12/h1-10H,(H,21,22). The van der Waals surface area contributed by atoms with Crippen molar-refractivity contribution in [2.75, 3.05) is 0 Å². The smallest absolute Gasteiger partial charge is 0.267 e. The van der Waals surface area contributed by atoms with Crippen LogP contribution in [0.15, 0.2) is 60.0 Å². The predicted molar refractivity (Wildman–Crippen MR) is 86.1 cm³/mol. The largest absolute Gasteiger partial charge is 0.272 e. The van der Waals surface area contributed by atoms with Gasteiger partial charge < -0.3 is 0 Å². The molecule has 22 heavy (non-hydrogen) atoms. The molecule has 0 spiro atoms. The number of rotatable bonds is 3. The Morgan fingerprint density at radius 1 is 1.23 bits per heavy atom. The van der Waals surface area contributed by atoms with Crippen molar-refractivity contribution in [3.8, 4) is 0 Å². The first kappa shape index (κ1) is 14.2. The molecule has 3 aromatic rings. The molecule has 0 bridgehead atoms. The number of nitrogens with zero attached hydrogens (tertiary/aromatic N) is 3. The van der Waals surface area contributed by atoms with E-state index in [1.807, 2.05) is 30.3 Å². The van der Waals surface area contributed by atoms with Gasteiger partial charge in [-0.1, -0.05) is 29.8 Å². The second-order valence-electron chi connectivity index (χ2n) is 4.50. The van der Waals surface area contributed by atoms with E-state index in [9.17, 15) is 4.79 Å². The third-order valence-corrected chi connectivity index (χ3v) is 3.30. The van der Waals surface area contributed by atoms with E-state index < -0.39 is 0 Å². The average molecular weight is 311 g/mol. The van der Waals surface area contributed by atoms with Gasteiger partial charge in [-0.25, -0.2) is 10.4 Å². The summed E-state index contributed by atoms with van der Waals surface area (Å²) in [6, 6.07) is 12.8. The Balaban J connectivity index is 1.78. The van der Waals surface area contributed by atoms with Crippen LogP contribution in [0.4, 0.5) is 0 Å². The maximum absolute atomic E-state index is 11.8. The zero-order chi connectivity index (χ0) is 15.4. The average Bonchev–Trinajstić information content (AvgIpc) is 2.56. The van der Waals surface area contributed by atoms with Gasteiger partial charge in [0.2, 0.25) is 0 Å². The molecule has 5 nitrogen and oxygen atoms in total. The van der Waals surface area contributed by atoms with Crippen molar-refractivity contribution >= 4 is 34.6 Å². The highest BCUT2D eigenvalue weighted by Crippen LogP contribution is 2.18. The van der Waals surface area contributed by atoms with Crippen LogP contribution in [0.1, 0.15) is 15.9 Å². The fourth-order valence-electron chi connectivity index (χ4n) is 1.92. The highest BCUT2D eigenvalue weighted by atomic mass is 35.5. The number of hydrogen-bond acceptors (Lipinski definition) is 4.